The smallest absolute Gasteiger partial charge is 0.278 e. The second kappa shape index (κ2) is 5.66. The van der Waals surface area contributed by atoms with Crippen LogP contribution in [0.15, 0.2) is 57.9 Å². The molecule has 0 bridgehead atoms. The topological polar surface area (TPSA) is 68.3 Å². The van der Waals surface area contributed by atoms with E-state index in [-0.39, 0.29) is 11.6 Å². The molecule has 2 aromatic heterocycles. The van der Waals surface area contributed by atoms with E-state index in [2.05, 4.69) is 10.3 Å². The monoisotopic (exact) mass is 282 g/mol. The predicted octanol–water partition coefficient (Wildman–Crippen LogP) is 3.75. The Labute approximate surface area is 121 Å². The van der Waals surface area contributed by atoms with Gasteiger partial charge in [0.15, 0.2) is 17.8 Å². The molecule has 0 unspecified atom stereocenters. The first-order valence-corrected chi connectivity index (χ1v) is 6.66. The zero-order chi connectivity index (χ0) is 14.7. The van der Waals surface area contributed by atoms with Crippen LogP contribution in [0.2, 0.25) is 0 Å². The maximum Gasteiger partial charge on any atom is 0.278 e. The largest absolute Gasteiger partial charge is 0.461 e. The number of furan rings is 1. The van der Waals surface area contributed by atoms with Crippen molar-refractivity contribution in [2.24, 2.45) is 0 Å². The number of hydrogen-bond acceptors (Lipinski definition) is 4. The number of benzene rings is 1. The van der Waals surface area contributed by atoms with Gasteiger partial charge in [0.1, 0.15) is 0 Å². The molecule has 1 aromatic carbocycles. The van der Waals surface area contributed by atoms with E-state index in [9.17, 15) is 4.79 Å². The lowest BCUT2D eigenvalue weighted by atomic mass is 10.1. The molecule has 106 valence electrons. The summed E-state index contributed by atoms with van der Waals surface area (Å²) in [5.74, 6) is 0.476. The molecule has 0 aliphatic rings. The number of rotatable bonds is 4. The third-order valence-corrected chi connectivity index (χ3v) is 3.17. The van der Waals surface area contributed by atoms with Crippen LogP contribution in [-0.2, 0) is 6.42 Å². The van der Waals surface area contributed by atoms with E-state index in [0.717, 1.165) is 17.7 Å². The lowest BCUT2D eigenvalue weighted by molar-refractivity contribution is 0.102. The second-order valence-electron chi connectivity index (χ2n) is 4.47. The Morgan fingerprint density at radius 1 is 1.19 bits per heavy atom. The average molecular weight is 282 g/mol. The number of carbonyl (C=O) groups is 1. The molecule has 0 atom stereocenters. The molecule has 0 saturated heterocycles. The fourth-order valence-corrected chi connectivity index (χ4v) is 2.12. The van der Waals surface area contributed by atoms with Gasteiger partial charge < -0.3 is 14.2 Å². The van der Waals surface area contributed by atoms with E-state index in [1.54, 1.807) is 12.1 Å². The summed E-state index contributed by atoms with van der Waals surface area (Å²) in [7, 11) is 0. The maximum absolute atomic E-state index is 12.4. The first kappa shape index (κ1) is 13.2. The van der Waals surface area contributed by atoms with Gasteiger partial charge in [-0.3, -0.25) is 4.79 Å². The zero-order valence-electron chi connectivity index (χ0n) is 11.5. The summed E-state index contributed by atoms with van der Waals surface area (Å²) < 4.78 is 10.5. The normalized spacial score (nSPS) is 10.5. The molecular formula is C16H14N2O3. The fraction of sp³-hybridized carbons (Fsp3) is 0.125. The van der Waals surface area contributed by atoms with Crippen molar-refractivity contribution in [3.63, 3.8) is 0 Å². The SMILES string of the molecule is CCc1ccccc1NC(=O)c1ncoc1-c1ccco1. The van der Waals surface area contributed by atoms with Gasteiger partial charge in [-0.05, 0) is 30.2 Å². The molecule has 21 heavy (non-hydrogen) atoms. The van der Waals surface area contributed by atoms with Crippen LogP contribution in [0.4, 0.5) is 5.69 Å². The van der Waals surface area contributed by atoms with E-state index >= 15 is 0 Å². The first-order chi connectivity index (χ1) is 10.3. The number of carbonyl (C=O) groups excluding carboxylic acids is 1. The molecular weight excluding hydrogens is 268 g/mol. The molecule has 0 spiro atoms. The quantitative estimate of drug-likeness (QED) is 0.791. The van der Waals surface area contributed by atoms with Crippen LogP contribution in [0.3, 0.4) is 0 Å². The van der Waals surface area contributed by atoms with E-state index < -0.39 is 0 Å². The summed E-state index contributed by atoms with van der Waals surface area (Å²) in [5, 5.41) is 2.86. The molecule has 5 heteroatoms. The van der Waals surface area contributed by atoms with E-state index in [1.165, 1.54) is 12.7 Å². The molecule has 1 N–H and O–H groups in total. The summed E-state index contributed by atoms with van der Waals surface area (Å²) in [5.41, 5.74) is 2.04. The summed E-state index contributed by atoms with van der Waals surface area (Å²) in [6.07, 6.45) is 3.59. The number of anilines is 1. The highest BCUT2D eigenvalue weighted by Gasteiger charge is 2.20. The first-order valence-electron chi connectivity index (χ1n) is 6.66. The number of aryl methyl sites for hydroxylation is 1. The lowest BCUT2D eigenvalue weighted by Crippen LogP contribution is -2.14. The van der Waals surface area contributed by atoms with Crippen LogP contribution in [0, 0.1) is 0 Å². The molecule has 0 radical (unpaired) electrons. The number of oxazole rings is 1. The highest BCUT2D eigenvalue weighted by molar-refractivity contribution is 6.06. The molecule has 0 aliphatic carbocycles. The van der Waals surface area contributed by atoms with Gasteiger partial charge in [0.05, 0.1) is 6.26 Å². The van der Waals surface area contributed by atoms with Crippen LogP contribution < -0.4 is 5.32 Å². The Morgan fingerprint density at radius 3 is 2.81 bits per heavy atom. The van der Waals surface area contributed by atoms with Crippen LogP contribution >= 0.6 is 0 Å². The number of para-hydroxylation sites is 1. The zero-order valence-corrected chi connectivity index (χ0v) is 11.5. The van der Waals surface area contributed by atoms with Gasteiger partial charge >= 0.3 is 0 Å². The minimum Gasteiger partial charge on any atom is -0.461 e. The number of aromatic nitrogens is 1. The average Bonchev–Trinajstić information content (AvgIpc) is 3.18. The van der Waals surface area contributed by atoms with Gasteiger partial charge in [-0.2, -0.15) is 0 Å². The van der Waals surface area contributed by atoms with Crippen molar-refractivity contribution in [1.29, 1.82) is 0 Å². The number of amides is 1. The molecule has 0 fully saturated rings. The van der Waals surface area contributed by atoms with Gasteiger partial charge in [0.25, 0.3) is 5.91 Å². The van der Waals surface area contributed by atoms with Crippen molar-refractivity contribution in [1.82, 2.24) is 4.98 Å². The van der Waals surface area contributed by atoms with Crippen molar-refractivity contribution in [2.75, 3.05) is 5.32 Å². The van der Waals surface area contributed by atoms with Gasteiger partial charge in [-0.25, -0.2) is 4.98 Å². The molecule has 3 rings (SSSR count). The van der Waals surface area contributed by atoms with Crippen molar-refractivity contribution in [3.05, 3.63) is 60.3 Å². The lowest BCUT2D eigenvalue weighted by Gasteiger charge is -2.08. The van der Waals surface area contributed by atoms with Crippen molar-refractivity contribution < 1.29 is 13.6 Å². The number of nitrogens with one attached hydrogen (secondary N) is 1. The summed E-state index contributed by atoms with van der Waals surface area (Å²) in [6, 6.07) is 11.1. The van der Waals surface area contributed by atoms with Crippen molar-refractivity contribution in [2.45, 2.75) is 13.3 Å². The molecule has 1 amide bonds. The fourth-order valence-electron chi connectivity index (χ4n) is 2.12. The van der Waals surface area contributed by atoms with E-state index in [1.807, 2.05) is 31.2 Å². The van der Waals surface area contributed by atoms with E-state index in [4.69, 9.17) is 8.83 Å². The van der Waals surface area contributed by atoms with Gasteiger partial charge in [0, 0.05) is 5.69 Å². The Balaban J connectivity index is 1.89. The Hall–Kier alpha value is -2.82. The minimum absolute atomic E-state index is 0.204. The predicted molar refractivity (Wildman–Crippen MR) is 78.0 cm³/mol. The second-order valence-corrected chi connectivity index (χ2v) is 4.47. The summed E-state index contributed by atoms with van der Waals surface area (Å²) in [4.78, 5) is 16.4. The molecule has 0 aliphatic heterocycles. The molecule has 3 aromatic rings. The van der Waals surface area contributed by atoms with Crippen LogP contribution in [0.1, 0.15) is 23.0 Å². The van der Waals surface area contributed by atoms with Gasteiger partial charge in [-0.15, -0.1) is 0 Å². The number of hydrogen-bond donors (Lipinski definition) is 1. The van der Waals surface area contributed by atoms with Crippen LogP contribution in [-0.4, -0.2) is 10.9 Å². The standard InChI is InChI=1S/C16H14N2O3/c1-2-11-6-3-4-7-12(11)18-16(19)14-15(21-10-17-14)13-8-5-9-20-13/h3-10H,2H2,1H3,(H,18,19). The minimum atomic E-state index is -0.323. The Kier molecular flexibility index (Phi) is 3.55. The highest BCUT2D eigenvalue weighted by atomic mass is 16.4. The summed E-state index contributed by atoms with van der Waals surface area (Å²) >= 11 is 0. The van der Waals surface area contributed by atoms with Crippen molar-refractivity contribution in [3.8, 4) is 11.5 Å². The van der Waals surface area contributed by atoms with Gasteiger partial charge in [-0.1, -0.05) is 25.1 Å². The van der Waals surface area contributed by atoms with Crippen molar-refractivity contribution >= 4 is 11.6 Å². The van der Waals surface area contributed by atoms with Crippen LogP contribution in [0.5, 0.6) is 0 Å². The van der Waals surface area contributed by atoms with Crippen LogP contribution in [0.25, 0.3) is 11.5 Å². The Bertz CT molecular complexity index is 744. The third-order valence-electron chi connectivity index (χ3n) is 3.17. The summed E-state index contributed by atoms with van der Waals surface area (Å²) in [6.45, 7) is 2.04. The Morgan fingerprint density at radius 2 is 2.05 bits per heavy atom. The van der Waals surface area contributed by atoms with Gasteiger partial charge in [0.2, 0.25) is 5.76 Å². The maximum atomic E-state index is 12.4. The molecule has 0 saturated carbocycles. The molecule has 5 nitrogen and oxygen atoms in total. The highest BCUT2D eigenvalue weighted by Crippen LogP contribution is 2.24. The van der Waals surface area contributed by atoms with E-state index in [0.29, 0.717) is 11.5 Å². The molecule has 2 heterocycles. The number of nitrogens with zero attached hydrogens (tertiary/aromatic N) is 1. The third kappa shape index (κ3) is 2.58.